The Bertz CT molecular complexity index is 793. The first kappa shape index (κ1) is 15.3. The van der Waals surface area contributed by atoms with Crippen LogP contribution in [-0.2, 0) is 16.6 Å². The van der Waals surface area contributed by atoms with Crippen LogP contribution in [0.5, 0.6) is 0 Å². The number of carbonyl (C=O) groups excluding carboxylic acids is 1. The van der Waals surface area contributed by atoms with E-state index in [1.54, 1.807) is 0 Å². The molecule has 0 fully saturated rings. The lowest BCUT2D eigenvalue weighted by atomic mass is 9.87. The van der Waals surface area contributed by atoms with Crippen molar-refractivity contribution in [3.63, 3.8) is 0 Å². The number of pyridine rings is 1. The summed E-state index contributed by atoms with van der Waals surface area (Å²) in [5.74, 6) is -0.0584. The summed E-state index contributed by atoms with van der Waals surface area (Å²) in [6, 6.07) is 13.8. The van der Waals surface area contributed by atoms with Crippen LogP contribution < -0.4 is 5.32 Å². The molecule has 3 rings (SSSR count). The van der Waals surface area contributed by atoms with Crippen LogP contribution >= 0.6 is 0 Å². The van der Waals surface area contributed by atoms with E-state index in [0.29, 0.717) is 0 Å². The predicted molar refractivity (Wildman–Crippen MR) is 92.7 cm³/mol. The van der Waals surface area contributed by atoms with Gasteiger partial charge in [0.05, 0.1) is 12.1 Å². The van der Waals surface area contributed by atoms with Gasteiger partial charge in [-0.25, -0.2) is 4.98 Å². The fourth-order valence-corrected chi connectivity index (χ4v) is 2.50. The number of nitrogens with zero attached hydrogens (tertiary/aromatic N) is 2. The van der Waals surface area contributed by atoms with Gasteiger partial charge in [0.2, 0.25) is 5.91 Å². The van der Waals surface area contributed by atoms with E-state index in [9.17, 15) is 4.79 Å². The Balaban J connectivity index is 1.67. The molecule has 118 valence electrons. The van der Waals surface area contributed by atoms with E-state index in [-0.39, 0.29) is 17.7 Å². The van der Waals surface area contributed by atoms with Crippen molar-refractivity contribution in [2.24, 2.45) is 0 Å². The van der Waals surface area contributed by atoms with Gasteiger partial charge in [0, 0.05) is 18.1 Å². The van der Waals surface area contributed by atoms with Crippen LogP contribution in [0.1, 0.15) is 32.0 Å². The number of fused-ring (bicyclic) bond motifs is 1. The maximum atomic E-state index is 12.2. The summed E-state index contributed by atoms with van der Waals surface area (Å²) in [5.41, 5.74) is 3.78. The number of amides is 1. The molecule has 1 N–H and O–H groups in total. The fourth-order valence-electron chi connectivity index (χ4n) is 2.50. The Morgan fingerprint density at radius 3 is 2.52 bits per heavy atom. The molecule has 3 aromatic rings. The van der Waals surface area contributed by atoms with Crippen LogP contribution in [0.2, 0.25) is 0 Å². The standard InChI is InChI=1S/C19H21N3O/c1-19(2,3)14-7-9-15(10-8-14)21-18(23)12-16-13-22-11-5-4-6-17(22)20-16/h4-11,13H,12H2,1-3H3,(H,21,23). The molecule has 0 saturated heterocycles. The molecule has 1 aromatic carbocycles. The molecule has 2 aromatic heterocycles. The van der Waals surface area contributed by atoms with Gasteiger partial charge in [0.1, 0.15) is 5.65 Å². The van der Waals surface area contributed by atoms with E-state index in [2.05, 4.69) is 43.2 Å². The summed E-state index contributed by atoms with van der Waals surface area (Å²) in [6.07, 6.45) is 4.08. The summed E-state index contributed by atoms with van der Waals surface area (Å²) in [5, 5.41) is 2.93. The molecular weight excluding hydrogens is 286 g/mol. The molecule has 1 amide bonds. The molecule has 0 atom stereocenters. The van der Waals surface area contributed by atoms with Crippen molar-refractivity contribution in [2.45, 2.75) is 32.6 Å². The molecule has 0 aliphatic carbocycles. The van der Waals surface area contributed by atoms with Gasteiger partial charge in [0.15, 0.2) is 0 Å². The lowest BCUT2D eigenvalue weighted by Gasteiger charge is -2.19. The highest BCUT2D eigenvalue weighted by Gasteiger charge is 2.13. The second-order valence-corrected chi connectivity index (χ2v) is 6.75. The number of nitrogens with one attached hydrogen (secondary N) is 1. The maximum Gasteiger partial charge on any atom is 0.230 e. The quantitative estimate of drug-likeness (QED) is 0.799. The van der Waals surface area contributed by atoms with Gasteiger partial charge in [-0.05, 0) is 35.2 Å². The Hall–Kier alpha value is -2.62. The molecule has 23 heavy (non-hydrogen) atoms. The van der Waals surface area contributed by atoms with Crippen molar-refractivity contribution < 1.29 is 4.79 Å². The number of anilines is 1. The first-order valence-corrected chi connectivity index (χ1v) is 7.75. The molecule has 0 aliphatic heterocycles. The summed E-state index contributed by atoms with van der Waals surface area (Å²) < 4.78 is 1.92. The van der Waals surface area contributed by atoms with Crippen LogP contribution in [0.25, 0.3) is 5.65 Å². The Morgan fingerprint density at radius 2 is 1.87 bits per heavy atom. The molecule has 0 saturated carbocycles. The van der Waals surface area contributed by atoms with Gasteiger partial charge in [-0.3, -0.25) is 4.79 Å². The minimum Gasteiger partial charge on any atom is -0.326 e. The highest BCUT2D eigenvalue weighted by Crippen LogP contribution is 2.23. The van der Waals surface area contributed by atoms with E-state index in [0.717, 1.165) is 17.0 Å². The van der Waals surface area contributed by atoms with Crippen LogP contribution in [0, 0.1) is 0 Å². The normalized spacial score (nSPS) is 11.6. The number of carbonyl (C=O) groups is 1. The van der Waals surface area contributed by atoms with Gasteiger partial charge < -0.3 is 9.72 Å². The molecule has 0 radical (unpaired) electrons. The summed E-state index contributed by atoms with van der Waals surface area (Å²) in [7, 11) is 0. The van der Waals surface area contributed by atoms with Crippen molar-refractivity contribution in [3.05, 3.63) is 66.1 Å². The third-order valence-electron chi connectivity index (χ3n) is 3.79. The first-order valence-electron chi connectivity index (χ1n) is 7.75. The zero-order valence-corrected chi connectivity index (χ0v) is 13.7. The third kappa shape index (κ3) is 3.59. The lowest BCUT2D eigenvalue weighted by molar-refractivity contribution is -0.115. The van der Waals surface area contributed by atoms with E-state index in [1.807, 2.05) is 47.1 Å². The van der Waals surface area contributed by atoms with E-state index < -0.39 is 0 Å². The molecule has 4 heteroatoms. The zero-order valence-electron chi connectivity index (χ0n) is 13.7. The number of hydrogen-bond acceptors (Lipinski definition) is 2. The average molecular weight is 307 g/mol. The van der Waals surface area contributed by atoms with Gasteiger partial charge in [-0.2, -0.15) is 0 Å². The van der Waals surface area contributed by atoms with Gasteiger partial charge in [-0.15, -0.1) is 0 Å². The van der Waals surface area contributed by atoms with Crippen LogP contribution in [0.15, 0.2) is 54.9 Å². The molecule has 0 bridgehead atoms. The number of hydrogen-bond donors (Lipinski definition) is 1. The monoisotopic (exact) mass is 307 g/mol. The Labute approximate surface area is 136 Å². The molecule has 0 unspecified atom stereocenters. The second-order valence-electron chi connectivity index (χ2n) is 6.75. The van der Waals surface area contributed by atoms with Gasteiger partial charge >= 0.3 is 0 Å². The van der Waals surface area contributed by atoms with Crippen molar-refractivity contribution in [1.82, 2.24) is 9.38 Å². The van der Waals surface area contributed by atoms with Crippen molar-refractivity contribution in [3.8, 4) is 0 Å². The van der Waals surface area contributed by atoms with Crippen molar-refractivity contribution >= 4 is 17.2 Å². The SMILES string of the molecule is CC(C)(C)c1ccc(NC(=O)Cc2cn3ccccc3n2)cc1. The number of imidazole rings is 1. The molecule has 0 aliphatic rings. The summed E-state index contributed by atoms with van der Waals surface area (Å²) >= 11 is 0. The van der Waals surface area contributed by atoms with E-state index in [4.69, 9.17) is 0 Å². The number of benzene rings is 1. The third-order valence-corrected chi connectivity index (χ3v) is 3.79. The van der Waals surface area contributed by atoms with Crippen molar-refractivity contribution in [1.29, 1.82) is 0 Å². The second kappa shape index (κ2) is 5.88. The number of rotatable bonds is 3. The summed E-state index contributed by atoms with van der Waals surface area (Å²) in [4.78, 5) is 16.6. The highest BCUT2D eigenvalue weighted by molar-refractivity contribution is 5.92. The largest absolute Gasteiger partial charge is 0.326 e. The maximum absolute atomic E-state index is 12.2. The molecular formula is C19H21N3O. The average Bonchev–Trinajstić information content (AvgIpc) is 2.88. The van der Waals surface area contributed by atoms with E-state index in [1.165, 1.54) is 5.56 Å². The Kier molecular flexibility index (Phi) is 3.90. The lowest BCUT2D eigenvalue weighted by Crippen LogP contribution is -2.15. The molecule has 2 heterocycles. The van der Waals surface area contributed by atoms with E-state index >= 15 is 0 Å². The highest BCUT2D eigenvalue weighted by atomic mass is 16.1. The van der Waals surface area contributed by atoms with Crippen LogP contribution in [-0.4, -0.2) is 15.3 Å². The van der Waals surface area contributed by atoms with Crippen molar-refractivity contribution in [2.75, 3.05) is 5.32 Å². The van der Waals surface area contributed by atoms with Gasteiger partial charge in [-0.1, -0.05) is 39.0 Å². The summed E-state index contributed by atoms with van der Waals surface area (Å²) in [6.45, 7) is 6.51. The molecule has 4 nitrogen and oxygen atoms in total. The topological polar surface area (TPSA) is 46.4 Å². The smallest absolute Gasteiger partial charge is 0.230 e. The minimum absolute atomic E-state index is 0.0584. The Morgan fingerprint density at radius 1 is 1.13 bits per heavy atom. The predicted octanol–water partition coefficient (Wildman–Crippen LogP) is 3.81. The first-order chi connectivity index (χ1) is 10.9. The number of aromatic nitrogens is 2. The van der Waals surface area contributed by atoms with Crippen LogP contribution in [0.3, 0.4) is 0 Å². The fraction of sp³-hybridized carbons (Fsp3) is 0.263. The zero-order chi connectivity index (χ0) is 16.4. The van der Waals surface area contributed by atoms with Gasteiger partial charge in [0.25, 0.3) is 0 Å². The minimum atomic E-state index is -0.0584. The molecule has 0 spiro atoms. The van der Waals surface area contributed by atoms with Crippen LogP contribution in [0.4, 0.5) is 5.69 Å².